The van der Waals surface area contributed by atoms with Gasteiger partial charge in [-0.1, -0.05) is 18.1 Å². The fourth-order valence-electron chi connectivity index (χ4n) is 3.86. The third-order valence-electron chi connectivity index (χ3n) is 5.75. The molecule has 218 valence electrons. The van der Waals surface area contributed by atoms with Gasteiger partial charge in [0.05, 0.1) is 14.2 Å². The Hall–Kier alpha value is -4.52. The Balaban J connectivity index is 1.56. The lowest BCUT2D eigenvalue weighted by molar-refractivity contribution is 0.0523. The molecule has 41 heavy (non-hydrogen) atoms. The van der Waals surface area contributed by atoms with Gasteiger partial charge in [0, 0.05) is 30.9 Å². The van der Waals surface area contributed by atoms with Gasteiger partial charge in [-0.05, 0) is 56.5 Å². The maximum atomic E-state index is 13.3. The molecule has 0 saturated carbocycles. The summed E-state index contributed by atoms with van der Waals surface area (Å²) < 4.78 is 56.5. The topological polar surface area (TPSA) is 151 Å². The first-order chi connectivity index (χ1) is 19.4. The predicted molar refractivity (Wildman–Crippen MR) is 151 cm³/mol. The van der Waals surface area contributed by atoms with Gasteiger partial charge in [0.2, 0.25) is 5.88 Å². The molecule has 0 unspecified atom stereocenters. The summed E-state index contributed by atoms with van der Waals surface area (Å²) in [5.41, 5.74) is 1.16. The molecule has 13 heteroatoms. The maximum Gasteiger partial charge on any atom is 0.407 e. The van der Waals surface area contributed by atoms with Crippen LogP contribution in [0.25, 0.3) is 11.0 Å². The number of benzene rings is 2. The van der Waals surface area contributed by atoms with Gasteiger partial charge in [-0.25, -0.2) is 18.2 Å². The van der Waals surface area contributed by atoms with Crippen molar-refractivity contribution >= 4 is 32.9 Å². The normalized spacial score (nSPS) is 11.7. The molecule has 0 aliphatic carbocycles. The maximum absolute atomic E-state index is 13.3. The number of aromatic nitrogens is 2. The molecule has 0 atom stereocenters. The van der Waals surface area contributed by atoms with Crippen molar-refractivity contribution in [3.8, 4) is 23.1 Å². The third-order valence-corrected chi connectivity index (χ3v) is 7.11. The Morgan fingerprint density at radius 3 is 2.44 bits per heavy atom. The highest BCUT2D eigenvalue weighted by molar-refractivity contribution is 7.92. The Bertz CT molecular complexity index is 1660. The van der Waals surface area contributed by atoms with E-state index in [-0.39, 0.29) is 40.2 Å². The molecule has 2 aromatic carbocycles. The molecule has 0 bridgehead atoms. The van der Waals surface area contributed by atoms with Crippen LogP contribution in [-0.2, 0) is 27.7 Å². The zero-order chi connectivity index (χ0) is 29.8. The number of carbonyl (C=O) groups is 1. The average molecular weight is 585 g/mol. The van der Waals surface area contributed by atoms with E-state index in [4.69, 9.17) is 23.5 Å². The zero-order valence-electron chi connectivity index (χ0n) is 23.6. The number of methoxy groups -OCH3 is 2. The van der Waals surface area contributed by atoms with Gasteiger partial charge < -0.3 is 28.8 Å². The largest absolute Gasteiger partial charge is 0.496 e. The minimum atomic E-state index is -4.09. The van der Waals surface area contributed by atoms with E-state index in [1.165, 1.54) is 20.3 Å². The standard InChI is InChI=1S/C28H32N4O8S/c1-7-17-8-9-20(36-5)23(12-17)41(34,35)32-26-25-21(37-6)14-19(15-22(25)40-31-26)38-24-13-18(10-11-29-24)16-30-27(33)39-28(2,3)4/h8-15H,7,16H2,1-6H3,(H,30,33)(H,31,32). The highest BCUT2D eigenvalue weighted by Crippen LogP contribution is 2.38. The fraction of sp³-hybridized carbons (Fsp3) is 0.321. The molecule has 0 aliphatic heterocycles. The first kappa shape index (κ1) is 29.5. The lowest BCUT2D eigenvalue weighted by atomic mass is 10.2. The second-order valence-electron chi connectivity index (χ2n) is 9.93. The summed E-state index contributed by atoms with van der Waals surface area (Å²) >= 11 is 0. The first-order valence-corrected chi connectivity index (χ1v) is 14.2. The molecule has 0 aliphatic rings. The van der Waals surface area contributed by atoms with E-state index in [2.05, 4.69) is 20.2 Å². The van der Waals surface area contributed by atoms with E-state index in [0.29, 0.717) is 17.6 Å². The van der Waals surface area contributed by atoms with Crippen LogP contribution < -0.4 is 24.2 Å². The van der Waals surface area contributed by atoms with Crippen LogP contribution in [0.15, 0.2) is 58.1 Å². The number of ether oxygens (including phenoxy) is 4. The van der Waals surface area contributed by atoms with E-state index in [0.717, 1.165) is 11.1 Å². The highest BCUT2D eigenvalue weighted by atomic mass is 32.2. The summed E-state index contributed by atoms with van der Waals surface area (Å²) in [6.45, 7) is 7.47. The number of pyridine rings is 1. The van der Waals surface area contributed by atoms with Gasteiger partial charge in [-0.15, -0.1) is 0 Å². The first-order valence-electron chi connectivity index (χ1n) is 12.7. The molecule has 2 heterocycles. The van der Waals surface area contributed by atoms with Crippen molar-refractivity contribution in [3.05, 3.63) is 59.8 Å². The SMILES string of the molecule is CCc1ccc(OC)c(S(=O)(=O)Nc2noc3cc(Oc4cc(CNC(=O)OC(C)(C)C)ccn4)cc(OC)c23)c1. The molecular weight excluding hydrogens is 552 g/mol. The molecular formula is C28H32N4O8S. The highest BCUT2D eigenvalue weighted by Gasteiger charge is 2.25. The summed E-state index contributed by atoms with van der Waals surface area (Å²) in [7, 11) is -1.26. The number of carbonyl (C=O) groups excluding carboxylic acids is 1. The zero-order valence-corrected chi connectivity index (χ0v) is 24.4. The Kier molecular flexibility index (Phi) is 8.57. The molecule has 2 N–H and O–H groups in total. The summed E-state index contributed by atoms with van der Waals surface area (Å²) in [6, 6.07) is 11.4. The number of aryl methyl sites for hydroxylation is 1. The molecule has 12 nitrogen and oxygen atoms in total. The average Bonchev–Trinajstić information content (AvgIpc) is 3.32. The molecule has 0 saturated heterocycles. The summed E-state index contributed by atoms with van der Waals surface area (Å²) in [4.78, 5) is 16.2. The van der Waals surface area contributed by atoms with Gasteiger partial charge in [0.25, 0.3) is 10.0 Å². The Labute approximate surface area is 238 Å². The van der Waals surface area contributed by atoms with E-state index in [1.54, 1.807) is 63.4 Å². The second kappa shape index (κ2) is 11.9. The van der Waals surface area contributed by atoms with Crippen LogP contribution in [0.2, 0.25) is 0 Å². The number of fused-ring (bicyclic) bond motifs is 1. The number of nitrogens with one attached hydrogen (secondary N) is 2. The van der Waals surface area contributed by atoms with Crippen LogP contribution in [0, 0.1) is 0 Å². The van der Waals surface area contributed by atoms with E-state index in [1.807, 2.05) is 6.92 Å². The number of nitrogens with zero attached hydrogens (tertiary/aromatic N) is 2. The van der Waals surface area contributed by atoms with Crippen molar-refractivity contribution in [2.45, 2.75) is 51.2 Å². The molecule has 2 aromatic heterocycles. The van der Waals surface area contributed by atoms with E-state index in [9.17, 15) is 13.2 Å². The van der Waals surface area contributed by atoms with Gasteiger partial charge >= 0.3 is 6.09 Å². The van der Waals surface area contributed by atoms with Gasteiger partial charge in [-0.3, -0.25) is 4.72 Å². The van der Waals surface area contributed by atoms with Crippen LogP contribution in [-0.4, -0.2) is 44.5 Å². The molecule has 0 fully saturated rings. The predicted octanol–water partition coefficient (Wildman–Crippen LogP) is 5.42. The molecule has 0 spiro atoms. The summed E-state index contributed by atoms with van der Waals surface area (Å²) in [5.74, 6) is 0.954. The van der Waals surface area contributed by atoms with E-state index < -0.39 is 21.7 Å². The number of sulfonamides is 1. The lowest BCUT2D eigenvalue weighted by Gasteiger charge is -2.19. The van der Waals surface area contributed by atoms with Crippen LogP contribution in [0.5, 0.6) is 23.1 Å². The third kappa shape index (κ3) is 7.17. The smallest absolute Gasteiger partial charge is 0.407 e. The van der Waals surface area contributed by atoms with Crippen molar-refractivity contribution in [1.82, 2.24) is 15.5 Å². The molecule has 4 rings (SSSR count). The van der Waals surface area contributed by atoms with Crippen LogP contribution in [0.3, 0.4) is 0 Å². The van der Waals surface area contributed by atoms with Crippen molar-refractivity contribution in [1.29, 1.82) is 0 Å². The summed E-state index contributed by atoms with van der Waals surface area (Å²) in [6.07, 6.45) is 1.65. The number of anilines is 1. The molecule has 0 radical (unpaired) electrons. The van der Waals surface area contributed by atoms with E-state index >= 15 is 0 Å². The number of alkyl carbamates (subject to hydrolysis) is 1. The van der Waals surface area contributed by atoms with Crippen LogP contribution in [0.1, 0.15) is 38.8 Å². The Morgan fingerprint density at radius 2 is 1.76 bits per heavy atom. The number of hydrogen-bond acceptors (Lipinski definition) is 10. The number of hydrogen-bond donors (Lipinski definition) is 2. The van der Waals surface area contributed by atoms with Crippen LogP contribution >= 0.6 is 0 Å². The minimum Gasteiger partial charge on any atom is -0.496 e. The number of amides is 1. The molecule has 1 amide bonds. The van der Waals surface area contributed by atoms with Crippen molar-refractivity contribution in [2.75, 3.05) is 18.9 Å². The van der Waals surface area contributed by atoms with Gasteiger partial charge in [0.1, 0.15) is 33.1 Å². The minimum absolute atomic E-state index is 0.0264. The van der Waals surface area contributed by atoms with Crippen molar-refractivity contribution < 1.29 is 36.7 Å². The Morgan fingerprint density at radius 1 is 1.00 bits per heavy atom. The van der Waals surface area contributed by atoms with Crippen molar-refractivity contribution in [2.24, 2.45) is 0 Å². The quantitative estimate of drug-likeness (QED) is 0.247. The monoisotopic (exact) mass is 584 g/mol. The lowest BCUT2D eigenvalue weighted by Crippen LogP contribution is -2.32. The van der Waals surface area contributed by atoms with Gasteiger partial charge in [0.15, 0.2) is 11.4 Å². The number of rotatable bonds is 10. The second-order valence-corrected chi connectivity index (χ2v) is 11.6. The summed E-state index contributed by atoms with van der Waals surface area (Å²) in [5, 5.41) is 6.92. The molecule has 4 aromatic rings. The van der Waals surface area contributed by atoms with Gasteiger partial charge in [-0.2, -0.15) is 0 Å². The van der Waals surface area contributed by atoms with Crippen molar-refractivity contribution in [3.63, 3.8) is 0 Å². The van der Waals surface area contributed by atoms with Crippen LogP contribution in [0.4, 0.5) is 10.6 Å². The fourth-order valence-corrected chi connectivity index (χ4v) is 5.09.